The van der Waals surface area contributed by atoms with Crippen molar-refractivity contribution in [2.45, 2.75) is 47.5 Å². The van der Waals surface area contributed by atoms with Crippen LogP contribution in [0.15, 0.2) is 24.3 Å². The van der Waals surface area contributed by atoms with Gasteiger partial charge in [0.25, 0.3) is 0 Å². The van der Waals surface area contributed by atoms with Gasteiger partial charge in [-0.3, -0.25) is 0 Å². The number of esters is 1. The smallest absolute Gasteiger partial charge is 0.330 e. The molecular formula is C15H26O2. The van der Waals surface area contributed by atoms with Crippen molar-refractivity contribution in [3.8, 4) is 0 Å². The minimum Gasteiger partial charge on any atom is -0.462 e. The Bertz CT molecular complexity index is 291. The molecule has 0 rings (SSSR count). The SMILES string of the molecule is C=C(C)C(C)(CC)COC(=O)C=CC(C)CC. The van der Waals surface area contributed by atoms with Gasteiger partial charge in [0.05, 0.1) is 0 Å². The van der Waals surface area contributed by atoms with Gasteiger partial charge in [-0.15, -0.1) is 0 Å². The van der Waals surface area contributed by atoms with E-state index in [1.54, 1.807) is 0 Å². The number of rotatable bonds is 7. The second-order valence-electron chi connectivity index (χ2n) is 5.05. The summed E-state index contributed by atoms with van der Waals surface area (Å²) < 4.78 is 5.27. The number of allylic oxidation sites excluding steroid dienone is 1. The quantitative estimate of drug-likeness (QED) is 0.379. The van der Waals surface area contributed by atoms with Crippen LogP contribution in [0, 0.1) is 11.3 Å². The van der Waals surface area contributed by atoms with Gasteiger partial charge in [-0.05, 0) is 19.3 Å². The van der Waals surface area contributed by atoms with Crippen molar-refractivity contribution in [3.05, 3.63) is 24.3 Å². The van der Waals surface area contributed by atoms with Crippen molar-refractivity contribution in [2.75, 3.05) is 6.61 Å². The molecule has 0 N–H and O–H groups in total. The molecule has 0 bridgehead atoms. The Kier molecular flexibility index (Phi) is 6.86. The maximum atomic E-state index is 11.5. The predicted molar refractivity (Wildman–Crippen MR) is 72.8 cm³/mol. The number of hydrogen-bond donors (Lipinski definition) is 0. The standard InChI is InChI=1S/C15H26O2/c1-7-13(5)9-10-14(16)17-11-15(6,8-2)12(3)4/h9-10,13H,3,7-8,11H2,1-2,4-6H3. The zero-order valence-electron chi connectivity index (χ0n) is 11.9. The average molecular weight is 238 g/mol. The fourth-order valence-electron chi connectivity index (χ4n) is 1.18. The number of ether oxygens (including phenoxy) is 1. The molecule has 2 atom stereocenters. The summed E-state index contributed by atoms with van der Waals surface area (Å²) in [6.45, 7) is 14.7. The molecule has 0 aliphatic carbocycles. The van der Waals surface area contributed by atoms with Crippen molar-refractivity contribution >= 4 is 5.97 Å². The lowest BCUT2D eigenvalue weighted by molar-refractivity contribution is -0.140. The van der Waals surface area contributed by atoms with E-state index in [1.165, 1.54) is 6.08 Å². The largest absolute Gasteiger partial charge is 0.462 e. The lowest BCUT2D eigenvalue weighted by atomic mass is 9.82. The minimum atomic E-state index is -0.258. The highest BCUT2D eigenvalue weighted by atomic mass is 16.5. The van der Waals surface area contributed by atoms with Gasteiger partial charge < -0.3 is 4.74 Å². The summed E-state index contributed by atoms with van der Waals surface area (Å²) in [5.74, 6) is 0.160. The normalized spacial score (nSPS) is 16.5. The summed E-state index contributed by atoms with van der Waals surface area (Å²) in [4.78, 5) is 11.5. The van der Waals surface area contributed by atoms with Crippen molar-refractivity contribution in [1.82, 2.24) is 0 Å². The molecule has 0 saturated carbocycles. The first-order valence-corrected chi connectivity index (χ1v) is 6.36. The molecule has 0 aromatic heterocycles. The van der Waals surface area contributed by atoms with Gasteiger partial charge in [0, 0.05) is 11.5 Å². The van der Waals surface area contributed by atoms with Crippen molar-refractivity contribution in [1.29, 1.82) is 0 Å². The molecule has 2 nitrogen and oxygen atoms in total. The van der Waals surface area contributed by atoms with Crippen LogP contribution in [0.25, 0.3) is 0 Å². The Balaban J connectivity index is 4.24. The second-order valence-corrected chi connectivity index (χ2v) is 5.05. The minimum absolute atomic E-state index is 0.111. The second kappa shape index (κ2) is 7.31. The van der Waals surface area contributed by atoms with E-state index < -0.39 is 0 Å². The molecule has 0 spiro atoms. The molecule has 0 aliphatic heterocycles. The van der Waals surface area contributed by atoms with E-state index in [0.29, 0.717) is 12.5 Å². The summed E-state index contributed by atoms with van der Waals surface area (Å²) in [6.07, 6.45) is 5.38. The molecule has 0 saturated heterocycles. The van der Waals surface area contributed by atoms with Crippen LogP contribution in [0.1, 0.15) is 47.5 Å². The Labute approximate surface area is 106 Å². The summed E-state index contributed by atoms with van der Waals surface area (Å²) in [6, 6.07) is 0. The highest BCUT2D eigenvalue weighted by molar-refractivity contribution is 5.81. The topological polar surface area (TPSA) is 26.3 Å². The van der Waals surface area contributed by atoms with Gasteiger partial charge >= 0.3 is 5.97 Å². The first kappa shape index (κ1) is 16.0. The van der Waals surface area contributed by atoms with Crippen molar-refractivity contribution < 1.29 is 9.53 Å². The van der Waals surface area contributed by atoms with E-state index in [1.807, 2.05) is 13.0 Å². The lowest BCUT2D eigenvalue weighted by Crippen LogP contribution is -2.25. The predicted octanol–water partition coefficient (Wildman–Crippen LogP) is 4.12. The maximum Gasteiger partial charge on any atom is 0.330 e. The number of hydrogen-bond acceptors (Lipinski definition) is 2. The zero-order valence-corrected chi connectivity index (χ0v) is 11.9. The molecule has 2 heteroatoms. The molecule has 0 fully saturated rings. The molecule has 0 aromatic rings. The van der Waals surface area contributed by atoms with Crippen LogP contribution >= 0.6 is 0 Å². The summed E-state index contributed by atoms with van der Waals surface area (Å²) >= 11 is 0. The highest BCUT2D eigenvalue weighted by Gasteiger charge is 2.24. The van der Waals surface area contributed by atoms with E-state index >= 15 is 0 Å². The van der Waals surface area contributed by atoms with Crippen LogP contribution in [-0.2, 0) is 9.53 Å². The fraction of sp³-hybridized carbons (Fsp3) is 0.667. The number of carbonyl (C=O) groups is 1. The first-order valence-electron chi connectivity index (χ1n) is 6.36. The number of carbonyl (C=O) groups excluding carboxylic acids is 1. The molecule has 0 amide bonds. The molecule has 0 aliphatic rings. The highest BCUT2D eigenvalue weighted by Crippen LogP contribution is 2.29. The van der Waals surface area contributed by atoms with Gasteiger partial charge in [-0.2, -0.15) is 0 Å². The third-order valence-electron chi connectivity index (χ3n) is 3.55. The average Bonchev–Trinajstić information content (AvgIpc) is 2.32. The molecule has 17 heavy (non-hydrogen) atoms. The third-order valence-corrected chi connectivity index (χ3v) is 3.55. The van der Waals surface area contributed by atoms with Crippen LogP contribution in [0.5, 0.6) is 0 Å². The molecular weight excluding hydrogens is 212 g/mol. The summed E-state index contributed by atoms with van der Waals surface area (Å²) in [7, 11) is 0. The molecule has 2 unspecified atom stereocenters. The van der Waals surface area contributed by atoms with Gasteiger partial charge in [-0.1, -0.05) is 52.3 Å². The fourth-order valence-corrected chi connectivity index (χ4v) is 1.18. The van der Waals surface area contributed by atoms with Gasteiger partial charge in [0.15, 0.2) is 0 Å². The van der Waals surface area contributed by atoms with Gasteiger partial charge in [0.2, 0.25) is 0 Å². The monoisotopic (exact) mass is 238 g/mol. The van der Waals surface area contributed by atoms with Gasteiger partial charge in [0.1, 0.15) is 6.61 Å². The summed E-state index contributed by atoms with van der Waals surface area (Å²) in [5.41, 5.74) is 0.943. The van der Waals surface area contributed by atoms with Crippen LogP contribution in [0.4, 0.5) is 0 Å². The van der Waals surface area contributed by atoms with Crippen LogP contribution < -0.4 is 0 Å². The van der Waals surface area contributed by atoms with E-state index in [0.717, 1.165) is 18.4 Å². The Morgan fingerprint density at radius 2 is 2.06 bits per heavy atom. The van der Waals surface area contributed by atoms with Crippen LogP contribution in [0.3, 0.4) is 0 Å². The molecule has 0 radical (unpaired) electrons. The third kappa shape index (κ3) is 5.71. The van der Waals surface area contributed by atoms with E-state index in [-0.39, 0.29) is 11.4 Å². The van der Waals surface area contributed by atoms with E-state index in [4.69, 9.17) is 4.74 Å². The molecule has 0 aromatic carbocycles. The van der Waals surface area contributed by atoms with Crippen LogP contribution in [0.2, 0.25) is 0 Å². The lowest BCUT2D eigenvalue weighted by Gasteiger charge is -2.27. The maximum absolute atomic E-state index is 11.5. The van der Waals surface area contributed by atoms with Gasteiger partial charge in [-0.25, -0.2) is 4.79 Å². The van der Waals surface area contributed by atoms with Crippen LogP contribution in [-0.4, -0.2) is 12.6 Å². The van der Waals surface area contributed by atoms with E-state index in [9.17, 15) is 4.79 Å². The Morgan fingerprint density at radius 3 is 2.47 bits per heavy atom. The van der Waals surface area contributed by atoms with E-state index in [2.05, 4.69) is 34.3 Å². The zero-order chi connectivity index (χ0) is 13.5. The Hall–Kier alpha value is -1.05. The Morgan fingerprint density at radius 1 is 1.47 bits per heavy atom. The van der Waals surface area contributed by atoms with Crippen molar-refractivity contribution in [2.24, 2.45) is 11.3 Å². The van der Waals surface area contributed by atoms with Crippen molar-refractivity contribution in [3.63, 3.8) is 0 Å². The summed E-state index contributed by atoms with van der Waals surface area (Å²) in [5, 5.41) is 0. The first-order chi connectivity index (χ1) is 7.85. The molecule has 0 heterocycles. The molecule has 98 valence electrons.